The van der Waals surface area contributed by atoms with Crippen LogP contribution in [0.25, 0.3) is 41.3 Å². The lowest BCUT2D eigenvalue weighted by Crippen LogP contribution is -2.24. The topological polar surface area (TPSA) is 40.6 Å². The molecule has 1 aromatic carbocycles. The second-order valence-electron chi connectivity index (χ2n) is 9.95. The minimum absolute atomic E-state index is 0.118. The van der Waals surface area contributed by atoms with E-state index in [1.54, 1.807) is 46.6 Å². The van der Waals surface area contributed by atoms with E-state index in [0.717, 1.165) is 25.2 Å². The first-order chi connectivity index (χ1) is 18.2. The summed E-state index contributed by atoms with van der Waals surface area (Å²) in [6, 6.07) is 12.8. The van der Waals surface area contributed by atoms with Crippen LogP contribution < -0.4 is 0 Å². The van der Waals surface area contributed by atoms with Crippen molar-refractivity contribution in [3.8, 4) is 9.75 Å². The molecule has 4 aromatic heterocycles. The predicted octanol–water partition coefficient (Wildman–Crippen LogP) is 8.21. The zero-order chi connectivity index (χ0) is 26.6. The normalized spacial score (nSPS) is 15.9. The molecule has 2 aliphatic heterocycles. The Morgan fingerprint density at radius 1 is 0.553 bits per heavy atom. The smallest absolute Gasteiger partial charge is 0.261 e. The Hall–Kier alpha value is -3.04. The predicted molar refractivity (Wildman–Crippen MR) is 163 cm³/mol. The van der Waals surface area contributed by atoms with Gasteiger partial charge in [-0.3, -0.25) is 9.59 Å². The van der Waals surface area contributed by atoms with E-state index in [-0.39, 0.29) is 11.8 Å². The van der Waals surface area contributed by atoms with E-state index in [2.05, 4.69) is 45.0 Å². The number of hydrogen-bond acceptors (Lipinski definition) is 6. The van der Waals surface area contributed by atoms with Crippen LogP contribution in [0.1, 0.15) is 30.6 Å². The van der Waals surface area contributed by atoms with Crippen molar-refractivity contribution in [2.24, 2.45) is 0 Å². The van der Waals surface area contributed by atoms with Crippen molar-refractivity contribution in [3.05, 3.63) is 78.2 Å². The van der Waals surface area contributed by atoms with Crippen molar-refractivity contribution in [1.29, 1.82) is 0 Å². The lowest BCUT2D eigenvalue weighted by atomic mass is 10.0. The maximum absolute atomic E-state index is 13.5. The Morgan fingerprint density at radius 2 is 1.08 bits per heavy atom. The number of carbonyl (C=O) groups is 2. The number of hydrogen-bond donors (Lipinski definition) is 0. The highest BCUT2D eigenvalue weighted by atomic mass is 32.1. The van der Waals surface area contributed by atoms with Crippen molar-refractivity contribution in [1.82, 2.24) is 9.80 Å². The van der Waals surface area contributed by atoms with Gasteiger partial charge in [0, 0.05) is 43.0 Å². The van der Waals surface area contributed by atoms with Crippen molar-refractivity contribution < 1.29 is 9.59 Å². The molecule has 5 aromatic rings. The summed E-state index contributed by atoms with van der Waals surface area (Å²) in [6.07, 6.45) is 0. The van der Waals surface area contributed by atoms with Crippen LogP contribution >= 0.6 is 45.3 Å². The summed E-state index contributed by atoms with van der Waals surface area (Å²) in [4.78, 5) is 37.0. The Morgan fingerprint density at radius 3 is 1.68 bits per heavy atom. The number of benzene rings is 1. The number of fused-ring (bicyclic) bond motifs is 3. The van der Waals surface area contributed by atoms with Crippen LogP contribution in [-0.2, 0) is 9.59 Å². The minimum Gasteiger partial charge on any atom is -0.309 e. The first kappa shape index (κ1) is 24.0. The van der Waals surface area contributed by atoms with Gasteiger partial charge in [-0.2, -0.15) is 0 Å². The van der Waals surface area contributed by atoms with Crippen molar-refractivity contribution >= 4 is 88.7 Å². The molecule has 2 aliphatic rings. The molecule has 6 heterocycles. The summed E-state index contributed by atoms with van der Waals surface area (Å²) in [5, 5.41) is 2.67. The third kappa shape index (κ3) is 3.18. The molecule has 0 spiro atoms. The van der Waals surface area contributed by atoms with E-state index >= 15 is 0 Å². The Kier molecular flexibility index (Phi) is 5.20. The van der Waals surface area contributed by atoms with E-state index in [1.165, 1.54) is 41.1 Å². The van der Waals surface area contributed by atoms with Gasteiger partial charge in [-0.25, -0.2) is 0 Å². The number of likely N-dealkylation sites (N-methyl/N-ethyl adjacent to an activating group) is 2. The zero-order valence-corrected chi connectivity index (χ0v) is 25.1. The van der Waals surface area contributed by atoms with Gasteiger partial charge in [-0.05, 0) is 86.0 Å². The highest BCUT2D eigenvalue weighted by molar-refractivity contribution is 7.27. The van der Waals surface area contributed by atoms with E-state index in [0.29, 0.717) is 16.8 Å². The van der Waals surface area contributed by atoms with E-state index < -0.39 is 0 Å². The van der Waals surface area contributed by atoms with Crippen molar-refractivity contribution in [3.63, 3.8) is 0 Å². The Balaban J connectivity index is 1.37. The maximum atomic E-state index is 13.5. The molecule has 0 saturated heterocycles. The van der Waals surface area contributed by atoms with Crippen molar-refractivity contribution in [2.75, 3.05) is 14.1 Å². The second-order valence-corrected chi connectivity index (χ2v) is 14.6. The van der Waals surface area contributed by atoms with Gasteiger partial charge >= 0.3 is 0 Å². The average molecular weight is 573 g/mol. The van der Waals surface area contributed by atoms with E-state index in [1.807, 2.05) is 41.7 Å². The fourth-order valence-electron chi connectivity index (χ4n) is 5.65. The van der Waals surface area contributed by atoms with Crippen LogP contribution in [0.2, 0.25) is 0 Å². The molecule has 7 rings (SSSR count). The molecule has 0 aliphatic carbocycles. The molecule has 0 atom stereocenters. The zero-order valence-electron chi connectivity index (χ0n) is 21.8. The van der Waals surface area contributed by atoms with Gasteiger partial charge < -0.3 is 9.80 Å². The first-order valence-electron chi connectivity index (χ1n) is 12.3. The lowest BCUT2D eigenvalue weighted by molar-refractivity contribution is -0.123. The SMILES string of the molecule is Cc1ccc(C2=C3C(=O)N(C)C(c4ccc(-c5cc6c(C)c7sc(C)cc7c(C)c6s5)s4)=C3C(=O)N2C)s1. The quantitative estimate of drug-likeness (QED) is 0.219. The molecule has 2 amide bonds. The van der Waals surface area contributed by atoms with Gasteiger partial charge in [-0.1, -0.05) is 0 Å². The molecular weight excluding hydrogens is 549 g/mol. The van der Waals surface area contributed by atoms with Gasteiger partial charge in [-0.15, -0.1) is 45.3 Å². The molecule has 38 heavy (non-hydrogen) atoms. The van der Waals surface area contributed by atoms with Gasteiger partial charge in [0.2, 0.25) is 0 Å². The first-order valence-corrected chi connectivity index (χ1v) is 15.6. The molecule has 0 fully saturated rings. The van der Waals surface area contributed by atoms with Crippen LogP contribution in [-0.4, -0.2) is 35.7 Å². The number of aryl methyl sites for hydroxylation is 4. The van der Waals surface area contributed by atoms with Gasteiger partial charge in [0.15, 0.2) is 0 Å². The van der Waals surface area contributed by atoms with Gasteiger partial charge in [0.25, 0.3) is 11.8 Å². The van der Waals surface area contributed by atoms with Crippen LogP contribution in [0.5, 0.6) is 0 Å². The minimum atomic E-state index is -0.118. The molecule has 0 unspecified atom stereocenters. The lowest BCUT2D eigenvalue weighted by Gasteiger charge is -2.18. The highest BCUT2D eigenvalue weighted by Crippen LogP contribution is 2.49. The summed E-state index contributed by atoms with van der Waals surface area (Å²) in [5.41, 5.74) is 5.16. The standard InChI is InChI=1S/C30H24N2O2S4/c1-13-7-8-20(35-13)25-23-24(30(34)31(25)5)26(32(6)29(23)33)21-10-9-19(37-21)22-12-18-16(4)27-17(11-14(2)36-27)15(3)28(18)38-22/h7-12H,1-6H3. The van der Waals surface area contributed by atoms with Gasteiger partial charge in [0.05, 0.1) is 32.3 Å². The summed E-state index contributed by atoms with van der Waals surface area (Å²) >= 11 is 6.95. The maximum Gasteiger partial charge on any atom is 0.261 e. The second kappa shape index (κ2) is 8.23. The molecule has 0 saturated carbocycles. The monoisotopic (exact) mass is 572 g/mol. The Bertz CT molecular complexity index is 1880. The number of amides is 2. The van der Waals surface area contributed by atoms with Crippen LogP contribution in [0, 0.1) is 27.7 Å². The van der Waals surface area contributed by atoms with Gasteiger partial charge in [0.1, 0.15) is 0 Å². The Labute approximate surface area is 236 Å². The van der Waals surface area contributed by atoms with E-state index in [9.17, 15) is 9.59 Å². The fraction of sp³-hybridized carbons (Fsp3) is 0.200. The summed E-state index contributed by atoms with van der Waals surface area (Å²) in [5.74, 6) is -0.237. The number of thiophene rings is 4. The molecule has 190 valence electrons. The highest BCUT2D eigenvalue weighted by Gasteiger charge is 2.47. The number of rotatable bonds is 3. The molecule has 4 nitrogen and oxygen atoms in total. The molecule has 0 radical (unpaired) electrons. The average Bonchev–Trinajstić information content (AvgIpc) is 3.71. The number of carbonyl (C=O) groups excluding carboxylic acids is 2. The van der Waals surface area contributed by atoms with E-state index in [4.69, 9.17) is 0 Å². The summed E-state index contributed by atoms with van der Waals surface area (Å²) < 4.78 is 2.71. The molecule has 0 N–H and O–H groups in total. The summed E-state index contributed by atoms with van der Waals surface area (Å²) in [7, 11) is 3.55. The molecule has 0 bridgehead atoms. The van der Waals surface area contributed by atoms with Crippen LogP contribution in [0.15, 0.2) is 47.5 Å². The van der Waals surface area contributed by atoms with Crippen LogP contribution in [0.3, 0.4) is 0 Å². The third-order valence-corrected chi connectivity index (χ3v) is 12.3. The molecular formula is C30H24N2O2S4. The third-order valence-electron chi connectivity index (χ3n) is 7.56. The largest absolute Gasteiger partial charge is 0.309 e. The fourth-order valence-corrected chi connectivity index (χ4v) is 10.1. The summed E-state index contributed by atoms with van der Waals surface area (Å²) in [6.45, 7) is 8.67. The van der Waals surface area contributed by atoms with Crippen molar-refractivity contribution in [2.45, 2.75) is 27.7 Å². The van der Waals surface area contributed by atoms with Crippen LogP contribution in [0.4, 0.5) is 0 Å². The molecule has 8 heteroatoms. The number of nitrogens with zero attached hydrogens (tertiary/aromatic N) is 2.